The van der Waals surface area contributed by atoms with E-state index in [-0.39, 0.29) is 51.3 Å². The molecule has 20 nitrogen and oxygen atoms in total. The number of nitrogens with one attached hydrogen (secondary N) is 1. The van der Waals surface area contributed by atoms with E-state index in [1.165, 1.54) is 88.8 Å². The first-order chi connectivity index (χ1) is 71.4. The van der Waals surface area contributed by atoms with Crippen molar-refractivity contribution in [3.05, 3.63) is 282 Å². The number of ketones is 1. The fourth-order valence-corrected chi connectivity index (χ4v) is 102. The minimum absolute atomic E-state index is 0. The lowest BCUT2D eigenvalue weighted by molar-refractivity contribution is -0.138. The molecule has 1 atom stereocenters. The minimum atomic E-state index is -0.794. The van der Waals surface area contributed by atoms with Crippen molar-refractivity contribution in [2.24, 2.45) is 17.4 Å². The molecule has 0 saturated carbocycles. The van der Waals surface area contributed by atoms with Crippen molar-refractivity contribution >= 4 is 554 Å². The number of carbonyl (C=O) groups excluding carboxylic acids is 4. The van der Waals surface area contributed by atoms with E-state index in [0.717, 1.165) is 76.5 Å². The number of primary amides is 1. The number of alkyl halides is 1. The van der Waals surface area contributed by atoms with Gasteiger partial charge in [-0.2, -0.15) is 0 Å². The van der Waals surface area contributed by atoms with Crippen LogP contribution < -0.4 is 16.8 Å². The van der Waals surface area contributed by atoms with Crippen LogP contribution in [-0.4, -0.2) is 116 Å². The zero-order chi connectivity index (χ0) is 107. The highest BCUT2D eigenvalue weighted by Gasteiger charge is 2.21. The minimum Gasteiger partial charge on any atom is -0.481 e. The highest BCUT2D eigenvalue weighted by molar-refractivity contribution is 9.09. The van der Waals surface area contributed by atoms with Crippen LogP contribution >= 0.6 is 15.9 Å². The molecule has 7 N–H and O–H groups in total. The van der Waals surface area contributed by atoms with Crippen molar-refractivity contribution < 1.29 is 39.0 Å². The molecule has 0 saturated heterocycles. The number of carbonyl (C=O) groups is 6. The van der Waals surface area contributed by atoms with E-state index in [0.29, 0.717) is 57.6 Å². The molecule has 9 aromatic rings. The van der Waals surface area contributed by atoms with Crippen LogP contribution in [0.1, 0.15) is 95.3 Å². The number of aldehydes is 1. The first kappa shape index (κ1) is 153. The number of halogens is 1. The van der Waals surface area contributed by atoms with E-state index in [9.17, 15) is 28.8 Å². The van der Waals surface area contributed by atoms with Gasteiger partial charge in [-0.1, -0.05) is 126 Å². The first-order valence-corrected chi connectivity index (χ1v) is 104. The Bertz CT molecular complexity index is 7280. The van der Waals surface area contributed by atoms with Crippen LogP contribution in [-0.2, 0) is 579 Å². The summed E-state index contributed by atoms with van der Waals surface area (Å²) in [5.74, 6) is -3.13. The Balaban J connectivity index is -0.00000163. The van der Waals surface area contributed by atoms with Crippen molar-refractivity contribution in [2.45, 2.75) is 91.5 Å². The van der Waals surface area contributed by atoms with E-state index >= 15 is 0 Å². The van der Waals surface area contributed by atoms with E-state index in [2.05, 4.69) is 140 Å². The molecule has 75 heteroatoms. The van der Waals surface area contributed by atoms with Crippen molar-refractivity contribution in [3.63, 3.8) is 0 Å². The van der Waals surface area contributed by atoms with Crippen LogP contribution in [0.25, 0.3) is 0 Å². The summed E-state index contributed by atoms with van der Waals surface area (Å²) in [5.41, 5.74) is 19.4. The van der Waals surface area contributed by atoms with Gasteiger partial charge in [0, 0.05) is 633 Å². The van der Waals surface area contributed by atoms with Gasteiger partial charge in [0.15, 0.2) is 5.78 Å². The van der Waals surface area contributed by atoms with Gasteiger partial charge in [-0.15, -0.1) is 0 Å². The zero-order valence-corrected chi connectivity index (χ0v) is 119. The molecule has 7 heterocycles. The molecule has 0 unspecified atom stereocenters. The molecule has 147 heavy (non-hydrogen) atoms. The van der Waals surface area contributed by atoms with Gasteiger partial charge in [0.1, 0.15) is 6.29 Å². The summed E-state index contributed by atoms with van der Waals surface area (Å²) in [4.78, 5) is 101. The van der Waals surface area contributed by atoms with Gasteiger partial charge in [0.05, 0.1) is 47.9 Å². The Labute approximate surface area is 1040 Å². The molecular formula is C72H85BrN12O8S54. The number of hydrogen-bond acceptors (Lipinski definition) is 26. The normalized spacial score (nSPS) is 9.09. The second-order valence-corrected chi connectivity index (χ2v) is 102. The topological polar surface area (TPSA) is 304 Å². The molecular weight excluding hydrogens is 2970 g/mol. The number of amides is 2. The van der Waals surface area contributed by atoms with E-state index in [1.807, 2.05) is 181 Å². The summed E-state index contributed by atoms with van der Waals surface area (Å²) < 4.78 is 0. The molecule has 0 aliphatic heterocycles. The van der Waals surface area contributed by atoms with E-state index in [1.54, 1.807) is 345 Å². The standard InChI is InChI=1S/C27H31N5O3.C15H17N3O2.C13H14N2.C7H6O.C6H8N2.C3H5BrO2.CH4.S14.S13.S12.S8.S7/c28-27(35)22(16-21-8-2-1-3-9-21)17-25(33)18-31-26(34)12-15-32(19-23-10-4-6-13-29-23)20-24-11-5-7-14-30-24;19-15(20)7-10-18(11-13-5-1-3-8-16-13)12-14-6-2-4-9-17-14;1-3-10-14-12(6-1)8-5-9-13-7-2-4-11-15-13;8-6-7-4-2-1-3-5-7;7-5-6-3-1-2-4-8-6;4-2-1-3(5)6;;1-3-5-7-9-11-13-14-12-10-8-6-4-2;1-3-5-7-9-11-13-12-10-8-6-4-2;1-3-5-7-9-11-12-10-8-6-4-2;1-3-5-7-8-6-4-2;1-3-5-7-6-4-2/h1-11,13-14,22H,12,15-20H2,(H2,28,35)(H,31,34);1-6,8-9H,7,10-12H2,(H,19,20);1-4,6-7,10-11H,5,8-9H2;1-6H;1-4H,5,7H2;1-2H2,(H,5,6);1H4;;;;;/t22-;;;;;;;;;;;/m1.........../s1. The van der Waals surface area contributed by atoms with Gasteiger partial charge >= 0.3 is 11.9 Å². The number of pyridine rings is 7. The SMILES string of the molecule is C.NC(=O)[C@@H](CC(=O)CNC(=O)CCN(Cc1ccccn1)Cc1ccccn1)Cc1ccccc1.NCc1ccccn1.O=C(O)CCBr.O=C(O)CCN(Cc1ccccn1)Cc1ccccn1.O=Cc1ccccc1.S=S=S=S=S=S=S.S=S=S=S=S=S=S=S.S=S=S=S=S=S=S=S=S=S=S=S.S=S=S=S=S=S=S=S=S=S=S=S=S.S=S=S=S=S=S=S=S=S=S=S=S=S=S.c1ccc(CCCc2ccccn2)nc1. The average molecular weight is 3060 g/mol. The van der Waals surface area contributed by atoms with Gasteiger partial charge in [-0.25, -0.2) is 0 Å². The number of nitrogens with two attached hydrogens (primary N) is 2. The zero-order valence-electron chi connectivity index (χ0n) is 73.6. The molecule has 2 amide bonds. The number of aromatic nitrogens is 7. The summed E-state index contributed by atoms with van der Waals surface area (Å²) >= 11 is 49.5. The smallest absolute Gasteiger partial charge is 0.304 e. The number of benzene rings is 2. The van der Waals surface area contributed by atoms with Gasteiger partial charge in [0.25, 0.3) is 0 Å². The highest BCUT2D eigenvalue weighted by Crippen LogP contribution is 2.14. The molecule has 0 aliphatic carbocycles. The van der Waals surface area contributed by atoms with Crippen LogP contribution in [0, 0.1) is 5.92 Å². The number of carboxylic acids is 2. The first-order valence-electron chi connectivity index (χ1n) is 38.0. The van der Waals surface area contributed by atoms with E-state index in [4.69, 9.17) is 66.4 Å². The molecule has 0 radical (unpaired) electrons. The van der Waals surface area contributed by atoms with Crippen LogP contribution in [0.5, 0.6) is 0 Å². The van der Waals surface area contributed by atoms with Gasteiger partial charge < -0.3 is 27.0 Å². The lowest BCUT2D eigenvalue weighted by Gasteiger charge is -2.21. The Morgan fingerprint density at radius 2 is 0.585 bits per heavy atom. The Kier molecular flexibility index (Phi) is 128. The lowest BCUT2D eigenvalue weighted by atomic mass is 9.93. The van der Waals surface area contributed by atoms with Crippen LogP contribution in [0.3, 0.4) is 0 Å². The predicted octanol–water partition coefficient (Wildman–Crippen LogP) is 10.3. The average Bonchev–Trinajstić information content (AvgIpc) is 0.892. The Hall–Kier alpha value is 1.95. The molecule has 0 spiro atoms. The summed E-state index contributed by atoms with van der Waals surface area (Å²) in [7, 11) is 70.8. The van der Waals surface area contributed by atoms with Crippen LogP contribution in [0.15, 0.2) is 231 Å². The second kappa shape index (κ2) is 123. The number of rotatable bonds is 29. The number of Topliss-reactive ketones (excluding diaryl/α,β-unsaturated/α-hetero) is 1. The number of aliphatic carboxylic acids is 2. The van der Waals surface area contributed by atoms with Crippen molar-refractivity contribution in [1.82, 2.24) is 50.0 Å². The number of hydrogen-bond donors (Lipinski definition) is 5. The molecule has 0 fully saturated rings. The largest absolute Gasteiger partial charge is 0.481 e. The van der Waals surface area contributed by atoms with E-state index < -0.39 is 23.8 Å². The maximum absolute atomic E-state index is 12.5. The predicted molar refractivity (Wildman–Crippen MR) is 762 cm³/mol. The van der Waals surface area contributed by atoms with Crippen molar-refractivity contribution in [2.75, 3.05) is 25.0 Å². The monoisotopic (exact) mass is 3050 g/mol. The van der Waals surface area contributed by atoms with Gasteiger partial charge in [-0.05, 0) is 116 Å². The fourth-order valence-electron chi connectivity index (χ4n) is 8.69. The molecule has 7 aromatic heterocycles. The fraction of sp³-hybridized carbons (Fsp3) is 0.264. The molecule has 812 valence electrons. The number of aryl methyl sites for hydroxylation is 2. The lowest BCUT2D eigenvalue weighted by Crippen LogP contribution is -2.35. The third-order valence-electron chi connectivity index (χ3n) is 14.0. The number of carboxylic acid groups (broad SMARTS) is 2. The molecule has 0 aliphatic rings. The third kappa shape index (κ3) is 110. The second-order valence-electron chi connectivity index (χ2n) is 23.3. The Morgan fingerprint density at radius 1 is 0.340 bits per heavy atom. The summed E-state index contributed by atoms with van der Waals surface area (Å²) in [5, 5.41) is 19.9. The molecule has 0 bridgehead atoms. The summed E-state index contributed by atoms with van der Waals surface area (Å²) in [6, 6.07) is 59.2. The van der Waals surface area contributed by atoms with Crippen LogP contribution in [0.4, 0.5) is 0 Å². The number of nitrogens with zero attached hydrogens (tertiary/aromatic N) is 9. The van der Waals surface area contributed by atoms with Gasteiger partial charge in [-0.3, -0.25) is 73.5 Å². The van der Waals surface area contributed by atoms with Crippen molar-refractivity contribution in [3.8, 4) is 0 Å². The highest BCUT2D eigenvalue weighted by atomic mass is 79.9. The maximum Gasteiger partial charge on any atom is 0.304 e. The molecule has 9 rings (SSSR count). The van der Waals surface area contributed by atoms with Gasteiger partial charge in [0.2, 0.25) is 11.8 Å². The third-order valence-corrected chi connectivity index (χ3v) is 101. The summed E-state index contributed by atoms with van der Waals surface area (Å²) in [6.07, 6.45) is 17.3. The summed E-state index contributed by atoms with van der Waals surface area (Å²) in [6.45, 7) is 3.73. The Morgan fingerprint density at radius 3 is 0.803 bits per heavy atom. The molecule has 2 aromatic carbocycles. The van der Waals surface area contributed by atoms with Crippen molar-refractivity contribution in [1.29, 1.82) is 0 Å². The quantitative estimate of drug-likeness (QED) is 0.0215. The van der Waals surface area contributed by atoms with Crippen LogP contribution in [0.2, 0.25) is 0 Å². The maximum atomic E-state index is 12.5.